The number of halogens is 3. The minimum Gasteiger partial charge on any atom is -0.392 e. The van der Waals surface area contributed by atoms with E-state index in [2.05, 4.69) is 4.98 Å². The monoisotopic (exact) mass is 232 g/mol. The number of aliphatic hydroxyl groups excluding tert-OH is 1. The van der Waals surface area contributed by atoms with E-state index in [1.165, 1.54) is 0 Å². The molecule has 3 nitrogen and oxygen atoms in total. The van der Waals surface area contributed by atoms with Gasteiger partial charge in [0.2, 0.25) is 0 Å². The van der Waals surface area contributed by atoms with Crippen LogP contribution >= 0.6 is 11.6 Å². The van der Waals surface area contributed by atoms with Crippen molar-refractivity contribution >= 4 is 11.6 Å². The van der Waals surface area contributed by atoms with Crippen LogP contribution in [0, 0.1) is 11.3 Å². The summed E-state index contributed by atoms with van der Waals surface area (Å²) in [5.41, 5.74) is -0.667. The second-order valence-electron chi connectivity index (χ2n) is 2.72. The zero-order valence-corrected chi connectivity index (χ0v) is 8.30. The van der Waals surface area contributed by atoms with Crippen molar-refractivity contribution in [2.45, 2.75) is 18.9 Å². The van der Waals surface area contributed by atoms with Gasteiger partial charge in [0.05, 0.1) is 23.7 Å². The average molecular weight is 233 g/mol. The molecule has 0 radical (unpaired) electrons. The van der Waals surface area contributed by atoms with Crippen LogP contribution < -0.4 is 0 Å². The maximum atomic E-state index is 12.6. The summed E-state index contributed by atoms with van der Waals surface area (Å²) in [5, 5.41) is 17.6. The molecule has 0 fully saturated rings. The minimum absolute atomic E-state index is 0.0459. The Morgan fingerprint density at radius 1 is 1.60 bits per heavy atom. The zero-order chi connectivity index (χ0) is 11.4. The third-order valence-electron chi connectivity index (χ3n) is 1.91. The van der Waals surface area contributed by atoms with Crippen molar-refractivity contribution in [3.8, 4) is 6.07 Å². The van der Waals surface area contributed by atoms with Crippen molar-refractivity contribution in [2.24, 2.45) is 0 Å². The first-order valence-corrected chi connectivity index (χ1v) is 4.54. The molecule has 0 saturated heterocycles. The minimum atomic E-state index is -2.83. The molecule has 0 saturated carbocycles. The van der Waals surface area contributed by atoms with E-state index in [1.807, 2.05) is 0 Å². The first kappa shape index (κ1) is 11.8. The van der Waals surface area contributed by atoms with Gasteiger partial charge in [-0.05, 0) is 0 Å². The van der Waals surface area contributed by atoms with Crippen LogP contribution in [0.4, 0.5) is 8.78 Å². The van der Waals surface area contributed by atoms with Crippen molar-refractivity contribution in [3.63, 3.8) is 0 Å². The molecule has 0 spiro atoms. The normalized spacial score (nSPS) is 10.4. The van der Waals surface area contributed by atoms with E-state index in [0.29, 0.717) is 0 Å². The molecule has 1 N–H and O–H groups in total. The number of hydrogen-bond donors (Lipinski definition) is 1. The summed E-state index contributed by atoms with van der Waals surface area (Å²) in [5.74, 6) is -0.117. The molecule has 80 valence electrons. The van der Waals surface area contributed by atoms with E-state index >= 15 is 0 Å². The van der Waals surface area contributed by atoms with Gasteiger partial charge in [0.25, 0.3) is 6.43 Å². The average Bonchev–Trinajstić information content (AvgIpc) is 2.26. The molecule has 0 atom stereocenters. The lowest BCUT2D eigenvalue weighted by Gasteiger charge is -2.10. The van der Waals surface area contributed by atoms with Gasteiger partial charge in [0, 0.05) is 17.3 Å². The van der Waals surface area contributed by atoms with Gasteiger partial charge in [-0.15, -0.1) is 11.6 Å². The van der Waals surface area contributed by atoms with E-state index < -0.39 is 18.6 Å². The van der Waals surface area contributed by atoms with Crippen molar-refractivity contribution in [3.05, 3.63) is 28.6 Å². The Hall–Kier alpha value is -1.25. The second-order valence-corrected chi connectivity index (χ2v) is 2.99. The van der Waals surface area contributed by atoms with E-state index in [-0.39, 0.29) is 22.7 Å². The summed E-state index contributed by atoms with van der Waals surface area (Å²) in [6.07, 6.45) is -1.72. The molecule has 15 heavy (non-hydrogen) atoms. The molecular weight excluding hydrogens is 226 g/mol. The first-order chi connectivity index (χ1) is 7.15. The Morgan fingerprint density at radius 3 is 2.67 bits per heavy atom. The molecule has 0 bridgehead atoms. The summed E-state index contributed by atoms with van der Waals surface area (Å²) < 4.78 is 25.3. The fourth-order valence-corrected chi connectivity index (χ4v) is 1.41. The molecule has 1 aromatic rings. The van der Waals surface area contributed by atoms with Gasteiger partial charge in [-0.3, -0.25) is 4.98 Å². The largest absolute Gasteiger partial charge is 0.392 e. The lowest BCUT2D eigenvalue weighted by molar-refractivity contribution is 0.146. The predicted molar refractivity (Wildman–Crippen MR) is 49.4 cm³/mol. The molecule has 1 heterocycles. The van der Waals surface area contributed by atoms with Crippen LogP contribution in [0.1, 0.15) is 28.8 Å². The van der Waals surface area contributed by atoms with Crippen LogP contribution in [0.5, 0.6) is 0 Å². The predicted octanol–water partition coefficient (Wildman–Crippen LogP) is 2.12. The summed E-state index contributed by atoms with van der Waals surface area (Å²) >= 11 is 5.46. The van der Waals surface area contributed by atoms with Crippen LogP contribution in [0.15, 0.2) is 6.20 Å². The molecular formula is C9H7ClF2N2O. The smallest absolute Gasteiger partial charge is 0.265 e. The summed E-state index contributed by atoms with van der Waals surface area (Å²) in [6, 6.07) is 1.63. The van der Waals surface area contributed by atoms with Gasteiger partial charge in [-0.25, -0.2) is 8.78 Å². The Balaban J connectivity index is 3.46. The molecule has 1 rings (SSSR count). The number of aliphatic hydroxyl groups is 1. The summed E-state index contributed by atoms with van der Waals surface area (Å²) in [6.45, 7) is -0.579. The van der Waals surface area contributed by atoms with Crippen molar-refractivity contribution in [1.82, 2.24) is 4.98 Å². The molecule has 0 aliphatic rings. The number of hydrogen-bond acceptors (Lipinski definition) is 3. The van der Waals surface area contributed by atoms with Crippen molar-refractivity contribution in [1.29, 1.82) is 5.26 Å². The Kier molecular flexibility index (Phi) is 3.95. The fraction of sp³-hybridized carbons (Fsp3) is 0.333. The van der Waals surface area contributed by atoms with E-state index in [9.17, 15) is 8.78 Å². The van der Waals surface area contributed by atoms with Crippen molar-refractivity contribution < 1.29 is 13.9 Å². The fourth-order valence-electron chi connectivity index (χ4n) is 1.21. The Bertz CT molecular complexity index is 404. The standard InChI is InChI=1S/C9H7ClF2N2O/c10-1-7-6(2-13)8(9(11)12)5(4-15)3-14-7/h3,9,15H,1,4H2. The van der Waals surface area contributed by atoms with Gasteiger partial charge in [0.1, 0.15) is 6.07 Å². The topological polar surface area (TPSA) is 56.9 Å². The van der Waals surface area contributed by atoms with Crippen LogP contribution in [0.3, 0.4) is 0 Å². The third kappa shape index (κ3) is 2.22. The third-order valence-corrected chi connectivity index (χ3v) is 2.16. The molecule has 0 aliphatic heterocycles. The van der Waals surface area contributed by atoms with Gasteiger partial charge < -0.3 is 5.11 Å². The van der Waals surface area contributed by atoms with Gasteiger partial charge >= 0.3 is 0 Å². The van der Waals surface area contributed by atoms with Crippen LogP contribution in [0.25, 0.3) is 0 Å². The number of nitrogens with zero attached hydrogens (tertiary/aromatic N) is 2. The van der Waals surface area contributed by atoms with Crippen LogP contribution in [-0.4, -0.2) is 10.1 Å². The Morgan fingerprint density at radius 2 is 2.27 bits per heavy atom. The first-order valence-electron chi connectivity index (χ1n) is 4.01. The van der Waals surface area contributed by atoms with Gasteiger partial charge in [-0.1, -0.05) is 0 Å². The molecule has 0 aromatic carbocycles. The lowest BCUT2D eigenvalue weighted by atomic mass is 10.0. The number of pyridine rings is 1. The highest BCUT2D eigenvalue weighted by molar-refractivity contribution is 6.17. The molecule has 0 unspecified atom stereocenters. The van der Waals surface area contributed by atoms with E-state index in [4.69, 9.17) is 22.0 Å². The lowest BCUT2D eigenvalue weighted by Crippen LogP contribution is -2.04. The number of rotatable bonds is 3. The molecule has 6 heteroatoms. The zero-order valence-electron chi connectivity index (χ0n) is 7.54. The van der Waals surface area contributed by atoms with E-state index in [1.54, 1.807) is 6.07 Å². The quantitative estimate of drug-likeness (QED) is 0.812. The number of aromatic nitrogens is 1. The molecule has 0 amide bonds. The highest BCUT2D eigenvalue weighted by Crippen LogP contribution is 2.28. The highest BCUT2D eigenvalue weighted by Gasteiger charge is 2.21. The van der Waals surface area contributed by atoms with Crippen molar-refractivity contribution in [2.75, 3.05) is 0 Å². The summed E-state index contributed by atoms with van der Waals surface area (Å²) in [4.78, 5) is 3.73. The van der Waals surface area contributed by atoms with Gasteiger partial charge in [0.15, 0.2) is 0 Å². The summed E-state index contributed by atoms with van der Waals surface area (Å²) in [7, 11) is 0. The molecule has 0 aliphatic carbocycles. The maximum absolute atomic E-state index is 12.6. The van der Waals surface area contributed by atoms with Crippen LogP contribution in [0.2, 0.25) is 0 Å². The van der Waals surface area contributed by atoms with Crippen LogP contribution in [-0.2, 0) is 12.5 Å². The SMILES string of the molecule is N#Cc1c(CCl)ncc(CO)c1C(F)F. The number of nitriles is 1. The van der Waals surface area contributed by atoms with E-state index in [0.717, 1.165) is 6.20 Å². The Labute approximate surface area is 89.9 Å². The maximum Gasteiger partial charge on any atom is 0.265 e. The van der Waals surface area contributed by atoms with Gasteiger partial charge in [-0.2, -0.15) is 5.26 Å². The number of alkyl halides is 3. The highest BCUT2D eigenvalue weighted by atomic mass is 35.5. The second kappa shape index (κ2) is 5.01. The molecule has 1 aromatic heterocycles.